The molecule has 1 heterocycles. The first-order valence-corrected chi connectivity index (χ1v) is 13.2. The molecule has 1 aliphatic carbocycles. The summed E-state index contributed by atoms with van der Waals surface area (Å²) in [6.45, 7) is 2.02. The Morgan fingerprint density at radius 3 is 2.53 bits per heavy atom. The van der Waals surface area contributed by atoms with Crippen LogP contribution in [0.2, 0.25) is 0 Å². The number of carbonyl (C=O) groups excluding carboxylic acids is 2. The van der Waals surface area contributed by atoms with Crippen molar-refractivity contribution in [1.29, 1.82) is 0 Å². The second-order valence-electron chi connectivity index (χ2n) is 9.24. The number of rotatable bonds is 9. The first-order chi connectivity index (χ1) is 17.4. The molecular formula is C27H34N6O2S. The van der Waals surface area contributed by atoms with Gasteiger partial charge in [-0.25, -0.2) is 10.8 Å². The third-order valence-electron chi connectivity index (χ3n) is 6.66. The molecule has 190 valence electrons. The molecule has 5 N–H and O–H groups in total. The zero-order chi connectivity index (χ0) is 25.5. The summed E-state index contributed by atoms with van der Waals surface area (Å²) in [5.41, 5.74) is 8.85. The van der Waals surface area contributed by atoms with E-state index in [2.05, 4.69) is 10.3 Å². The quantitative estimate of drug-likeness (QED) is 0.230. The number of para-hydroxylation sites is 2. The van der Waals surface area contributed by atoms with Crippen LogP contribution in [0.1, 0.15) is 54.3 Å². The fourth-order valence-corrected chi connectivity index (χ4v) is 5.36. The molecule has 8 nitrogen and oxygen atoms in total. The number of thiazole rings is 1. The molecule has 0 saturated heterocycles. The van der Waals surface area contributed by atoms with Gasteiger partial charge in [0.2, 0.25) is 11.8 Å². The van der Waals surface area contributed by atoms with Crippen LogP contribution in [-0.2, 0) is 16.1 Å². The number of amides is 2. The van der Waals surface area contributed by atoms with Crippen molar-refractivity contribution in [2.45, 2.75) is 57.7 Å². The monoisotopic (exact) mass is 506 g/mol. The molecule has 0 aliphatic heterocycles. The SMILES string of the molecule is Cc1ccccc1C(C(=O)NC1CCCCC1)N(Cc1nccs1)C(=O)CN(N)c1ccccc1N. The van der Waals surface area contributed by atoms with Crippen molar-refractivity contribution in [1.82, 2.24) is 15.2 Å². The fourth-order valence-electron chi connectivity index (χ4n) is 4.74. The lowest BCUT2D eigenvalue weighted by Crippen LogP contribution is -2.50. The van der Waals surface area contributed by atoms with Gasteiger partial charge in [-0.1, -0.05) is 55.7 Å². The number of nitrogen functional groups attached to an aromatic ring is 1. The summed E-state index contributed by atoms with van der Waals surface area (Å²) in [4.78, 5) is 33.7. The second kappa shape index (κ2) is 12.0. The van der Waals surface area contributed by atoms with Crippen LogP contribution in [0.15, 0.2) is 60.1 Å². The Hall–Kier alpha value is -3.43. The van der Waals surface area contributed by atoms with Crippen LogP contribution in [0.5, 0.6) is 0 Å². The number of hydrogen-bond donors (Lipinski definition) is 3. The van der Waals surface area contributed by atoms with E-state index < -0.39 is 6.04 Å². The van der Waals surface area contributed by atoms with Gasteiger partial charge in [0.1, 0.15) is 17.6 Å². The molecule has 0 spiro atoms. The number of benzene rings is 2. The Morgan fingerprint density at radius 2 is 1.83 bits per heavy atom. The molecule has 0 bridgehead atoms. The number of nitrogens with two attached hydrogens (primary N) is 2. The maximum Gasteiger partial charge on any atom is 0.247 e. The maximum absolute atomic E-state index is 13.9. The van der Waals surface area contributed by atoms with Crippen molar-refractivity contribution in [2.24, 2.45) is 5.84 Å². The summed E-state index contributed by atoms with van der Waals surface area (Å²) in [5, 5.41) is 7.18. The first-order valence-electron chi connectivity index (χ1n) is 12.3. The molecule has 0 radical (unpaired) electrons. The van der Waals surface area contributed by atoms with Crippen LogP contribution in [0.4, 0.5) is 11.4 Å². The lowest BCUT2D eigenvalue weighted by atomic mass is 9.94. The average Bonchev–Trinajstić information content (AvgIpc) is 3.39. The third-order valence-corrected chi connectivity index (χ3v) is 7.42. The highest BCUT2D eigenvalue weighted by atomic mass is 32.1. The number of hydrazine groups is 1. The Labute approximate surface area is 216 Å². The topological polar surface area (TPSA) is 118 Å². The van der Waals surface area contributed by atoms with Gasteiger partial charge in [0.05, 0.1) is 17.9 Å². The van der Waals surface area contributed by atoms with Crippen molar-refractivity contribution < 1.29 is 9.59 Å². The normalized spacial score (nSPS) is 14.7. The predicted molar refractivity (Wildman–Crippen MR) is 144 cm³/mol. The third kappa shape index (κ3) is 6.22. The van der Waals surface area contributed by atoms with E-state index >= 15 is 0 Å². The van der Waals surface area contributed by atoms with Gasteiger partial charge in [0.25, 0.3) is 0 Å². The van der Waals surface area contributed by atoms with Crippen molar-refractivity contribution in [3.63, 3.8) is 0 Å². The van der Waals surface area contributed by atoms with Crippen molar-refractivity contribution in [3.05, 3.63) is 76.2 Å². The minimum absolute atomic E-state index is 0.115. The van der Waals surface area contributed by atoms with Crippen LogP contribution in [0.25, 0.3) is 0 Å². The van der Waals surface area contributed by atoms with E-state index in [0.717, 1.165) is 41.8 Å². The zero-order valence-corrected chi connectivity index (χ0v) is 21.4. The molecule has 1 saturated carbocycles. The van der Waals surface area contributed by atoms with E-state index in [1.807, 2.05) is 48.7 Å². The molecule has 1 fully saturated rings. The van der Waals surface area contributed by atoms with E-state index in [0.29, 0.717) is 11.4 Å². The number of anilines is 2. The van der Waals surface area contributed by atoms with Gasteiger partial charge in [-0.3, -0.25) is 14.6 Å². The first kappa shape index (κ1) is 25.7. The molecule has 1 unspecified atom stereocenters. The van der Waals surface area contributed by atoms with Gasteiger partial charge in [0, 0.05) is 17.6 Å². The van der Waals surface area contributed by atoms with Crippen molar-refractivity contribution in [3.8, 4) is 0 Å². The number of aromatic nitrogens is 1. The van der Waals surface area contributed by atoms with Crippen LogP contribution in [0, 0.1) is 6.92 Å². The molecule has 1 aliphatic rings. The summed E-state index contributed by atoms with van der Waals surface area (Å²) < 4.78 is 0. The minimum atomic E-state index is -0.814. The summed E-state index contributed by atoms with van der Waals surface area (Å²) in [6, 6.07) is 14.1. The summed E-state index contributed by atoms with van der Waals surface area (Å²) in [5.74, 6) is 5.83. The lowest BCUT2D eigenvalue weighted by Gasteiger charge is -2.34. The highest BCUT2D eigenvalue weighted by Gasteiger charge is 2.34. The van der Waals surface area contributed by atoms with Gasteiger partial charge in [-0.15, -0.1) is 11.3 Å². The Kier molecular flexibility index (Phi) is 8.56. The Bertz CT molecular complexity index is 1160. The highest BCUT2D eigenvalue weighted by molar-refractivity contribution is 7.09. The second-order valence-corrected chi connectivity index (χ2v) is 10.2. The van der Waals surface area contributed by atoms with Crippen LogP contribution < -0.4 is 21.9 Å². The van der Waals surface area contributed by atoms with Crippen LogP contribution >= 0.6 is 11.3 Å². The summed E-state index contributed by atoms with van der Waals surface area (Å²) in [6.07, 6.45) is 7.00. The molecule has 1 aromatic heterocycles. The number of aryl methyl sites for hydroxylation is 1. The largest absolute Gasteiger partial charge is 0.397 e. The van der Waals surface area contributed by atoms with E-state index in [9.17, 15) is 9.59 Å². The molecule has 36 heavy (non-hydrogen) atoms. The van der Waals surface area contributed by atoms with Crippen molar-refractivity contribution >= 4 is 34.5 Å². The number of nitrogens with zero attached hydrogens (tertiary/aromatic N) is 3. The Balaban J connectivity index is 1.67. The molecule has 4 rings (SSSR count). The highest BCUT2D eigenvalue weighted by Crippen LogP contribution is 2.29. The summed E-state index contributed by atoms with van der Waals surface area (Å²) >= 11 is 1.45. The lowest BCUT2D eigenvalue weighted by molar-refractivity contribution is -0.141. The van der Waals surface area contributed by atoms with Gasteiger partial charge in [0.15, 0.2) is 0 Å². The average molecular weight is 507 g/mol. The standard InChI is InChI=1S/C27H34N6O2S/c1-19-9-5-6-12-21(19)26(27(35)31-20-10-3-2-4-11-20)32(17-24-30-15-16-36-24)25(34)18-33(29)23-14-8-7-13-22(23)28/h5-9,12-16,20,26H,2-4,10-11,17-18,28-29H2,1H3,(H,31,35). The van der Waals surface area contributed by atoms with Gasteiger partial charge < -0.3 is 16.0 Å². The van der Waals surface area contributed by atoms with Gasteiger partial charge in [-0.05, 0) is 43.0 Å². The molecule has 3 aromatic rings. The molecule has 2 aromatic carbocycles. The summed E-state index contributed by atoms with van der Waals surface area (Å²) in [7, 11) is 0. The number of nitrogens with one attached hydrogen (secondary N) is 1. The van der Waals surface area contributed by atoms with Gasteiger partial charge in [-0.2, -0.15) is 0 Å². The maximum atomic E-state index is 13.9. The van der Waals surface area contributed by atoms with E-state index in [1.165, 1.54) is 22.8 Å². The number of carbonyl (C=O) groups is 2. The fraction of sp³-hybridized carbons (Fsp3) is 0.370. The van der Waals surface area contributed by atoms with E-state index in [1.54, 1.807) is 23.2 Å². The molecular weight excluding hydrogens is 472 g/mol. The van der Waals surface area contributed by atoms with E-state index in [-0.39, 0.29) is 30.9 Å². The zero-order valence-electron chi connectivity index (χ0n) is 20.6. The van der Waals surface area contributed by atoms with Crippen LogP contribution in [0.3, 0.4) is 0 Å². The van der Waals surface area contributed by atoms with Crippen molar-refractivity contribution in [2.75, 3.05) is 17.3 Å². The minimum Gasteiger partial charge on any atom is -0.397 e. The van der Waals surface area contributed by atoms with Gasteiger partial charge >= 0.3 is 0 Å². The van der Waals surface area contributed by atoms with E-state index in [4.69, 9.17) is 11.6 Å². The number of hydrogen-bond acceptors (Lipinski definition) is 7. The molecule has 2 amide bonds. The molecule has 9 heteroatoms. The Morgan fingerprint density at radius 1 is 1.11 bits per heavy atom. The smallest absolute Gasteiger partial charge is 0.247 e. The van der Waals surface area contributed by atoms with Crippen LogP contribution in [-0.4, -0.2) is 34.3 Å². The predicted octanol–water partition coefficient (Wildman–Crippen LogP) is 3.93. The molecule has 1 atom stereocenters.